The van der Waals surface area contributed by atoms with E-state index in [0.717, 1.165) is 42.7 Å². The zero-order valence-electron chi connectivity index (χ0n) is 17.5. The highest BCUT2D eigenvalue weighted by Gasteiger charge is 2.30. The summed E-state index contributed by atoms with van der Waals surface area (Å²) in [5, 5.41) is 9.50. The summed E-state index contributed by atoms with van der Waals surface area (Å²) < 4.78 is 5.22. The molecular weight excluding hydrogens is 364 g/mol. The molecule has 0 bridgehead atoms. The molecular formula is C24H32N2O3. The molecule has 0 aliphatic carbocycles. The van der Waals surface area contributed by atoms with Gasteiger partial charge in [0.05, 0.1) is 26.3 Å². The van der Waals surface area contributed by atoms with Gasteiger partial charge in [-0.25, -0.2) is 0 Å². The number of amides is 1. The van der Waals surface area contributed by atoms with Crippen LogP contribution in [0.3, 0.4) is 0 Å². The second-order valence-corrected chi connectivity index (χ2v) is 7.77. The molecule has 5 heteroatoms. The van der Waals surface area contributed by atoms with E-state index in [1.807, 2.05) is 29.2 Å². The van der Waals surface area contributed by atoms with Gasteiger partial charge < -0.3 is 14.7 Å². The Labute approximate surface area is 173 Å². The first kappa shape index (κ1) is 21.3. The molecule has 2 aromatic carbocycles. The van der Waals surface area contributed by atoms with E-state index in [2.05, 4.69) is 36.1 Å². The fraction of sp³-hybridized carbons (Fsp3) is 0.458. The summed E-state index contributed by atoms with van der Waals surface area (Å²) in [7, 11) is 1.64. The number of β-amino-alcohol motifs (C(OH)–C–C–N with tert-alkyl or cyclic N) is 1. The Morgan fingerprint density at radius 3 is 2.45 bits per heavy atom. The number of likely N-dealkylation sites (tertiary alicyclic amines) is 1. The first-order valence-electron chi connectivity index (χ1n) is 10.4. The number of carbonyl (C=O) groups excluding carboxylic acids is 1. The quantitative estimate of drug-likeness (QED) is 0.743. The number of piperidine rings is 1. The molecule has 1 N–H and O–H groups in total. The number of benzene rings is 2. The maximum atomic E-state index is 13.4. The Kier molecular flexibility index (Phi) is 7.67. The maximum absolute atomic E-state index is 13.4. The molecule has 0 radical (unpaired) electrons. The van der Waals surface area contributed by atoms with Crippen LogP contribution in [-0.2, 0) is 17.8 Å². The van der Waals surface area contributed by atoms with Crippen molar-refractivity contribution in [3.05, 3.63) is 65.2 Å². The maximum Gasteiger partial charge on any atom is 0.228 e. The van der Waals surface area contributed by atoms with Crippen LogP contribution >= 0.6 is 0 Å². The normalized spacial score (nSPS) is 17.1. The van der Waals surface area contributed by atoms with Gasteiger partial charge in [-0.2, -0.15) is 0 Å². The van der Waals surface area contributed by atoms with Crippen LogP contribution in [0.4, 0.5) is 0 Å². The van der Waals surface area contributed by atoms with Gasteiger partial charge in [0.25, 0.3) is 0 Å². The molecule has 0 spiro atoms. The summed E-state index contributed by atoms with van der Waals surface area (Å²) in [5.41, 5.74) is 3.33. The molecule has 0 saturated carbocycles. The highest BCUT2D eigenvalue weighted by molar-refractivity contribution is 5.79. The smallest absolute Gasteiger partial charge is 0.228 e. The van der Waals surface area contributed by atoms with Crippen LogP contribution < -0.4 is 4.74 Å². The Bertz CT molecular complexity index is 772. The molecule has 1 heterocycles. The lowest BCUT2D eigenvalue weighted by molar-refractivity contribution is -0.140. The number of methoxy groups -OCH3 is 1. The molecule has 29 heavy (non-hydrogen) atoms. The van der Waals surface area contributed by atoms with Gasteiger partial charge in [-0.3, -0.25) is 9.69 Å². The van der Waals surface area contributed by atoms with Crippen LogP contribution in [0.2, 0.25) is 0 Å². The van der Waals surface area contributed by atoms with Gasteiger partial charge >= 0.3 is 0 Å². The van der Waals surface area contributed by atoms with E-state index in [4.69, 9.17) is 4.74 Å². The van der Waals surface area contributed by atoms with Crippen molar-refractivity contribution in [1.82, 2.24) is 9.80 Å². The van der Waals surface area contributed by atoms with Gasteiger partial charge in [-0.15, -0.1) is 0 Å². The van der Waals surface area contributed by atoms with E-state index < -0.39 is 0 Å². The number of nitrogens with zero attached hydrogens (tertiary/aromatic N) is 2. The fourth-order valence-corrected chi connectivity index (χ4v) is 3.99. The largest absolute Gasteiger partial charge is 0.497 e. The second-order valence-electron chi connectivity index (χ2n) is 7.77. The summed E-state index contributed by atoms with van der Waals surface area (Å²) in [5.74, 6) is 0.907. The highest BCUT2D eigenvalue weighted by atomic mass is 16.5. The number of rotatable bonds is 8. The van der Waals surface area contributed by atoms with E-state index in [1.165, 1.54) is 5.56 Å². The summed E-state index contributed by atoms with van der Waals surface area (Å²) in [6, 6.07) is 16.1. The third-order valence-electron chi connectivity index (χ3n) is 5.63. The summed E-state index contributed by atoms with van der Waals surface area (Å²) >= 11 is 0. The number of aliphatic hydroxyl groups is 1. The zero-order chi connectivity index (χ0) is 20.6. The van der Waals surface area contributed by atoms with Gasteiger partial charge in [-0.05, 0) is 49.4 Å². The minimum Gasteiger partial charge on any atom is -0.497 e. The van der Waals surface area contributed by atoms with Crippen LogP contribution in [0.25, 0.3) is 0 Å². The molecule has 2 aromatic rings. The Hall–Kier alpha value is -2.37. The van der Waals surface area contributed by atoms with Crippen molar-refractivity contribution in [2.45, 2.75) is 45.3 Å². The van der Waals surface area contributed by atoms with Crippen LogP contribution in [-0.4, -0.2) is 53.8 Å². The lowest BCUT2D eigenvalue weighted by Gasteiger charge is -2.42. The summed E-state index contributed by atoms with van der Waals surface area (Å²) in [6.45, 7) is 4.29. The molecule has 1 saturated heterocycles. The standard InChI is InChI=1S/C24H32N2O3/c1-19-6-8-21(9-7-19)18-26(23-5-3-4-14-25(23)15-16-27)24(28)17-20-10-12-22(29-2)13-11-20/h6-13,23,27H,3-5,14-18H2,1-2H3. The molecule has 5 nitrogen and oxygen atoms in total. The van der Waals surface area contributed by atoms with Gasteiger partial charge in [0.15, 0.2) is 0 Å². The first-order chi connectivity index (χ1) is 14.1. The zero-order valence-corrected chi connectivity index (χ0v) is 17.5. The minimum absolute atomic E-state index is 0.0305. The number of hydrogen-bond donors (Lipinski definition) is 1. The third-order valence-corrected chi connectivity index (χ3v) is 5.63. The molecule has 3 rings (SSSR count). The van der Waals surface area contributed by atoms with Crippen LogP contribution in [0.1, 0.15) is 36.0 Å². The lowest BCUT2D eigenvalue weighted by atomic mass is 10.0. The van der Waals surface area contributed by atoms with E-state index in [-0.39, 0.29) is 18.7 Å². The van der Waals surface area contributed by atoms with Gasteiger partial charge in [0.2, 0.25) is 5.91 Å². The topological polar surface area (TPSA) is 53.0 Å². The van der Waals surface area contributed by atoms with Gasteiger partial charge in [0.1, 0.15) is 5.75 Å². The van der Waals surface area contributed by atoms with Crippen molar-refractivity contribution >= 4 is 5.91 Å². The summed E-state index contributed by atoms with van der Waals surface area (Å²) in [6.07, 6.45) is 3.55. The molecule has 1 aliphatic heterocycles. The van der Waals surface area contributed by atoms with E-state index in [1.54, 1.807) is 7.11 Å². The lowest BCUT2D eigenvalue weighted by Crippen LogP contribution is -2.53. The third kappa shape index (κ3) is 5.81. The van der Waals surface area contributed by atoms with Crippen molar-refractivity contribution in [3.63, 3.8) is 0 Å². The highest BCUT2D eigenvalue weighted by Crippen LogP contribution is 2.23. The predicted molar refractivity (Wildman–Crippen MR) is 115 cm³/mol. The molecule has 0 aromatic heterocycles. The van der Waals surface area contributed by atoms with Crippen molar-refractivity contribution in [2.24, 2.45) is 0 Å². The SMILES string of the molecule is COc1ccc(CC(=O)N(Cc2ccc(C)cc2)C2CCCCN2CCO)cc1. The average Bonchev–Trinajstić information content (AvgIpc) is 2.74. The number of aryl methyl sites for hydroxylation is 1. The first-order valence-corrected chi connectivity index (χ1v) is 10.4. The summed E-state index contributed by atoms with van der Waals surface area (Å²) in [4.78, 5) is 17.7. The van der Waals surface area contributed by atoms with Crippen molar-refractivity contribution < 1.29 is 14.6 Å². The monoisotopic (exact) mass is 396 g/mol. The number of carbonyl (C=O) groups is 1. The van der Waals surface area contributed by atoms with Gasteiger partial charge in [0, 0.05) is 19.6 Å². The molecule has 1 atom stereocenters. The average molecular weight is 397 g/mol. The van der Waals surface area contributed by atoms with Gasteiger partial charge in [-0.1, -0.05) is 42.0 Å². The van der Waals surface area contributed by atoms with E-state index >= 15 is 0 Å². The minimum atomic E-state index is 0.0305. The van der Waals surface area contributed by atoms with Crippen LogP contribution in [0.15, 0.2) is 48.5 Å². The Balaban J connectivity index is 1.81. The fourth-order valence-electron chi connectivity index (χ4n) is 3.99. The molecule has 1 unspecified atom stereocenters. The van der Waals surface area contributed by atoms with Crippen molar-refractivity contribution in [3.8, 4) is 5.75 Å². The van der Waals surface area contributed by atoms with Crippen molar-refractivity contribution in [1.29, 1.82) is 0 Å². The second kappa shape index (κ2) is 10.4. The number of aliphatic hydroxyl groups excluding tert-OH is 1. The molecule has 1 aliphatic rings. The van der Waals surface area contributed by atoms with Crippen LogP contribution in [0.5, 0.6) is 5.75 Å². The number of hydrogen-bond acceptors (Lipinski definition) is 4. The number of ether oxygens (including phenoxy) is 1. The van der Waals surface area contributed by atoms with Crippen LogP contribution in [0, 0.1) is 6.92 Å². The molecule has 1 amide bonds. The Morgan fingerprint density at radius 1 is 1.10 bits per heavy atom. The van der Waals surface area contributed by atoms with E-state index in [0.29, 0.717) is 19.5 Å². The predicted octanol–water partition coefficient (Wildman–Crippen LogP) is 3.38. The molecule has 156 valence electrons. The Morgan fingerprint density at radius 2 is 1.79 bits per heavy atom. The van der Waals surface area contributed by atoms with Crippen molar-refractivity contribution in [2.75, 3.05) is 26.8 Å². The van der Waals surface area contributed by atoms with E-state index in [9.17, 15) is 9.90 Å². The molecule has 1 fully saturated rings.